The molecule has 2 fully saturated rings. The van der Waals surface area contributed by atoms with Crippen LogP contribution in [0.4, 0.5) is 0 Å². The molecule has 1 heterocycles. The molecule has 1 N–H and O–H groups in total. The molecule has 0 spiro atoms. The van der Waals surface area contributed by atoms with Crippen LogP contribution in [0.5, 0.6) is 0 Å². The lowest BCUT2D eigenvalue weighted by atomic mass is 9.84. The van der Waals surface area contributed by atoms with E-state index in [1.165, 1.54) is 44.9 Å². The average molecular weight is 252 g/mol. The van der Waals surface area contributed by atoms with Gasteiger partial charge in [0.2, 0.25) is 5.91 Å². The molecule has 0 bridgehead atoms. The Morgan fingerprint density at radius 3 is 2.44 bits per heavy atom. The van der Waals surface area contributed by atoms with Crippen molar-refractivity contribution >= 4 is 5.91 Å². The highest BCUT2D eigenvalue weighted by Crippen LogP contribution is 2.26. The number of hydrogen-bond donors (Lipinski definition) is 1. The van der Waals surface area contributed by atoms with E-state index < -0.39 is 0 Å². The minimum Gasteiger partial charge on any atom is -0.343 e. The first-order valence-electron chi connectivity index (χ1n) is 7.80. The second-order valence-electron chi connectivity index (χ2n) is 5.92. The van der Waals surface area contributed by atoms with Gasteiger partial charge in [-0.2, -0.15) is 0 Å². The summed E-state index contributed by atoms with van der Waals surface area (Å²) in [6, 6.07) is 0.666. The first-order valence-corrected chi connectivity index (χ1v) is 7.80. The highest BCUT2D eigenvalue weighted by molar-refractivity contribution is 5.76. The third kappa shape index (κ3) is 3.98. The third-order valence-corrected chi connectivity index (χ3v) is 4.65. The zero-order valence-corrected chi connectivity index (χ0v) is 11.8. The molecule has 104 valence electrons. The van der Waals surface area contributed by atoms with E-state index in [1.54, 1.807) is 0 Å². The van der Waals surface area contributed by atoms with Gasteiger partial charge in [-0.1, -0.05) is 13.3 Å². The third-order valence-electron chi connectivity index (χ3n) is 4.65. The Balaban J connectivity index is 1.56. The molecule has 1 aliphatic heterocycles. The minimum atomic E-state index is 0.349. The molecule has 0 aromatic heterocycles. The van der Waals surface area contributed by atoms with E-state index in [4.69, 9.17) is 0 Å². The average Bonchev–Trinajstić information content (AvgIpc) is 2.93. The molecule has 0 aromatic rings. The number of carbonyl (C=O) groups is 1. The van der Waals surface area contributed by atoms with Crippen LogP contribution in [-0.2, 0) is 4.79 Å². The highest BCUT2D eigenvalue weighted by atomic mass is 16.2. The molecule has 0 atom stereocenters. The lowest BCUT2D eigenvalue weighted by Gasteiger charge is -2.28. The van der Waals surface area contributed by atoms with Gasteiger partial charge >= 0.3 is 0 Å². The topological polar surface area (TPSA) is 32.3 Å². The van der Waals surface area contributed by atoms with Gasteiger partial charge in [-0.25, -0.2) is 0 Å². The van der Waals surface area contributed by atoms with Gasteiger partial charge in [-0.3, -0.25) is 4.79 Å². The van der Waals surface area contributed by atoms with E-state index in [9.17, 15) is 4.79 Å². The van der Waals surface area contributed by atoms with Crippen molar-refractivity contribution in [3.63, 3.8) is 0 Å². The van der Waals surface area contributed by atoms with Crippen molar-refractivity contribution < 1.29 is 4.79 Å². The molecule has 2 aliphatic rings. The fraction of sp³-hybridized carbons (Fsp3) is 0.933. The Morgan fingerprint density at radius 2 is 1.83 bits per heavy atom. The summed E-state index contributed by atoms with van der Waals surface area (Å²) in [5.41, 5.74) is 0. The van der Waals surface area contributed by atoms with Crippen LogP contribution in [0.1, 0.15) is 58.3 Å². The molecule has 2 rings (SSSR count). The minimum absolute atomic E-state index is 0.349. The monoisotopic (exact) mass is 252 g/mol. The van der Waals surface area contributed by atoms with E-state index in [2.05, 4.69) is 12.2 Å². The van der Waals surface area contributed by atoms with E-state index >= 15 is 0 Å². The van der Waals surface area contributed by atoms with Crippen LogP contribution in [-0.4, -0.2) is 36.5 Å². The first kappa shape index (κ1) is 13.9. The van der Waals surface area contributed by atoms with Gasteiger partial charge in [0.25, 0.3) is 0 Å². The Hall–Kier alpha value is -0.570. The van der Waals surface area contributed by atoms with Gasteiger partial charge in [-0.15, -0.1) is 0 Å². The zero-order valence-electron chi connectivity index (χ0n) is 11.8. The Morgan fingerprint density at radius 1 is 1.17 bits per heavy atom. The molecular weight excluding hydrogens is 224 g/mol. The van der Waals surface area contributed by atoms with Gasteiger partial charge in [0.1, 0.15) is 0 Å². The summed E-state index contributed by atoms with van der Waals surface area (Å²) in [5.74, 6) is 1.30. The Labute approximate surface area is 111 Å². The fourth-order valence-electron chi connectivity index (χ4n) is 3.28. The van der Waals surface area contributed by atoms with Crippen LogP contribution >= 0.6 is 0 Å². The summed E-state index contributed by atoms with van der Waals surface area (Å²) in [6.07, 6.45) is 9.75. The van der Waals surface area contributed by atoms with E-state index in [-0.39, 0.29) is 0 Å². The summed E-state index contributed by atoms with van der Waals surface area (Å²) in [5, 5.41) is 3.57. The van der Waals surface area contributed by atoms with Crippen molar-refractivity contribution in [1.82, 2.24) is 10.2 Å². The van der Waals surface area contributed by atoms with Crippen LogP contribution in [0.15, 0.2) is 0 Å². The van der Waals surface area contributed by atoms with Gasteiger partial charge in [0.15, 0.2) is 0 Å². The van der Waals surface area contributed by atoms with Gasteiger partial charge in [0.05, 0.1) is 0 Å². The van der Waals surface area contributed by atoms with Crippen molar-refractivity contribution in [2.24, 2.45) is 5.92 Å². The van der Waals surface area contributed by atoms with Crippen LogP contribution < -0.4 is 5.32 Å². The summed E-state index contributed by atoms with van der Waals surface area (Å²) in [6.45, 7) is 5.14. The largest absolute Gasteiger partial charge is 0.343 e. The maximum atomic E-state index is 11.9. The van der Waals surface area contributed by atoms with E-state index in [0.29, 0.717) is 18.4 Å². The quantitative estimate of drug-likeness (QED) is 0.815. The number of amides is 1. The van der Waals surface area contributed by atoms with Crippen LogP contribution in [0, 0.1) is 5.92 Å². The second-order valence-corrected chi connectivity index (χ2v) is 5.92. The zero-order chi connectivity index (χ0) is 12.8. The SMILES string of the molecule is CCC1CCC(NCCC(=O)N2CCCC2)CC1. The Bertz CT molecular complexity index is 253. The van der Waals surface area contributed by atoms with Crippen LogP contribution in [0.2, 0.25) is 0 Å². The molecule has 0 unspecified atom stereocenters. The summed E-state index contributed by atoms with van der Waals surface area (Å²) >= 11 is 0. The number of hydrogen-bond acceptors (Lipinski definition) is 2. The molecule has 0 aromatic carbocycles. The number of carbonyl (C=O) groups excluding carboxylic acids is 1. The van der Waals surface area contributed by atoms with Gasteiger partial charge < -0.3 is 10.2 Å². The fourth-order valence-corrected chi connectivity index (χ4v) is 3.28. The van der Waals surface area contributed by atoms with E-state index in [0.717, 1.165) is 25.6 Å². The molecule has 3 heteroatoms. The summed E-state index contributed by atoms with van der Waals surface area (Å²) in [7, 11) is 0. The predicted molar refractivity (Wildman–Crippen MR) is 74.5 cm³/mol. The van der Waals surface area contributed by atoms with Crippen molar-refractivity contribution in [3.8, 4) is 0 Å². The van der Waals surface area contributed by atoms with E-state index in [1.807, 2.05) is 4.90 Å². The van der Waals surface area contributed by atoms with Crippen LogP contribution in [0.3, 0.4) is 0 Å². The molecule has 1 saturated heterocycles. The lowest BCUT2D eigenvalue weighted by Crippen LogP contribution is -2.36. The van der Waals surface area contributed by atoms with Crippen molar-refractivity contribution in [2.75, 3.05) is 19.6 Å². The molecule has 1 saturated carbocycles. The molecule has 18 heavy (non-hydrogen) atoms. The Kier molecular flexibility index (Phi) is 5.48. The maximum Gasteiger partial charge on any atom is 0.223 e. The molecular formula is C15H28N2O. The number of rotatable bonds is 5. The number of nitrogens with one attached hydrogen (secondary N) is 1. The standard InChI is InChI=1S/C15H28N2O/c1-2-13-5-7-14(8-6-13)16-10-9-15(18)17-11-3-4-12-17/h13-14,16H,2-12H2,1H3. The van der Waals surface area contributed by atoms with Crippen molar-refractivity contribution in [3.05, 3.63) is 0 Å². The maximum absolute atomic E-state index is 11.9. The molecule has 3 nitrogen and oxygen atoms in total. The first-order chi connectivity index (χ1) is 8.79. The number of likely N-dealkylation sites (tertiary alicyclic amines) is 1. The highest BCUT2D eigenvalue weighted by Gasteiger charge is 2.21. The van der Waals surface area contributed by atoms with Crippen LogP contribution in [0.25, 0.3) is 0 Å². The molecule has 1 amide bonds. The predicted octanol–water partition coefficient (Wildman–Crippen LogP) is 2.56. The summed E-state index contributed by atoms with van der Waals surface area (Å²) in [4.78, 5) is 13.9. The number of nitrogens with zero attached hydrogens (tertiary/aromatic N) is 1. The smallest absolute Gasteiger partial charge is 0.223 e. The second kappa shape index (κ2) is 7.13. The molecule has 0 radical (unpaired) electrons. The summed E-state index contributed by atoms with van der Waals surface area (Å²) < 4.78 is 0. The molecule has 1 aliphatic carbocycles. The van der Waals surface area contributed by atoms with Crippen molar-refractivity contribution in [1.29, 1.82) is 0 Å². The van der Waals surface area contributed by atoms with Crippen molar-refractivity contribution in [2.45, 2.75) is 64.3 Å². The normalized spacial score (nSPS) is 28.6. The van der Waals surface area contributed by atoms with Gasteiger partial charge in [-0.05, 0) is 44.4 Å². The van der Waals surface area contributed by atoms with Gasteiger partial charge in [0, 0.05) is 32.1 Å². The lowest BCUT2D eigenvalue weighted by molar-refractivity contribution is -0.130.